The van der Waals surface area contributed by atoms with Crippen LogP contribution >= 0.6 is 0 Å². The quantitative estimate of drug-likeness (QED) is 0.923. The van der Waals surface area contributed by atoms with Crippen LogP contribution in [0.15, 0.2) is 18.2 Å². The van der Waals surface area contributed by atoms with Crippen LogP contribution in [0.25, 0.3) is 0 Å². The van der Waals surface area contributed by atoms with Crippen molar-refractivity contribution in [2.75, 3.05) is 18.4 Å². The van der Waals surface area contributed by atoms with Crippen LogP contribution < -0.4 is 5.32 Å². The number of carbonyl (C=O) groups excluding carboxylic acids is 2. The molecule has 0 aromatic heterocycles. The van der Waals surface area contributed by atoms with Gasteiger partial charge in [-0.15, -0.1) is 0 Å². The SMILES string of the molecule is Cc1ccc(F)cc1NC(=O)CN1CCCCCC1=O. The normalized spacial score (nSPS) is 15.9. The molecule has 1 aliphatic heterocycles. The fourth-order valence-electron chi connectivity index (χ4n) is 2.30. The average molecular weight is 278 g/mol. The van der Waals surface area contributed by atoms with Gasteiger partial charge in [0.1, 0.15) is 5.82 Å². The lowest BCUT2D eigenvalue weighted by Crippen LogP contribution is -2.37. The predicted molar refractivity (Wildman–Crippen MR) is 74.8 cm³/mol. The van der Waals surface area contributed by atoms with E-state index in [1.807, 2.05) is 0 Å². The molecule has 2 amide bonds. The minimum Gasteiger partial charge on any atom is -0.333 e. The summed E-state index contributed by atoms with van der Waals surface area (Å²) in [5.41, 5.74) is 1.25. The first-order valence-corrected chi connectivity index (χ1v) is 6.90. The van der Waals surface area contributed by atoms with Crippen molar-refractivity contribution in [3.05, 3.63) is 29.6 Å². The molecule has 0 radical (unpaired) electrons. The molecule has 2 rings (SSSR count). The summed E-state index contributed by atoms with van der Waals surface area (Å²) in [6.45, 7) is 2.45. The second-order valence-electron chi connectivity index (χ2n) is 5.13. The third-order valence-electron chi connectivity index (χ3n) is 3.48. The number of hydrogen-bond acceptors (Lipinski definition) is 2. The van der Waals surface area contributed by atoms with E-state index in [-0.39, 0.29) is 18.4 Å². The fraction of sp³-hybridized carbons (Fsp3) is 0.467. The summed E-state index contributed by atoms with van der Waals surface area (Å²) in [6, 6.07) is 4.25. The van der Waals surface area contributed by atoms with Gasteiger partial charge in [-0.25, -0.2) is 4.39 Å². The highest BCUT2D eigenvalue weighted by Gasteiger charge is 2.19. The Morgan fingerprint density at radius 3 is 2.95 bits per heavy atom. The molecule has 0 aliphatic carbocycles. The van der Waals surface area contributed by atoms with E-state index in [1.165, 1.54) is 12.1 Å². The lowest BCUT2D eigenvalue weighted by Gasteiger charge is -2.20. The molecule has 5 heteroatoms. The number of anilines is 1. The Hall–Kier alpha value is -1.91. The maximum Gasteiger partial charge on any atom is 0.244 e. The molecular weight excluding hydrogens is 259 g/mol. The van der Waals surface area contributed by atoms with Crippen molar-refractivity contribution in [1.29, 1.82) is 0 Å². The summed E-state index contributed by atoms with van der Waals surface area (Å²) >= 11 is 0. The van der Waals surface area contributed by atoms with E-state index in [9.17, 15) is 14.0 Å². The number of carbonyl (C=O) groups is 2. The summed E-state index contributed by atoms with van der Waals surface area (Å²) in [5.74, 6) is -0.653. The Balaban J connectivity index is 1.97. The lowest BCUT2D eigenvalue weighted by atomic mass is 10.2. The number of aryl methyl sites for hydroxylation is 1. The maximum atomic E-state index is 13.2. The van der Waals surface area contributed by atoms with E-state index in [4.69, 9.17) is 0 Å². The van der Waals surface area contributed by atoms with Crippen LogP contribution in [0.2, 0.25) is 0 Å². The molecule has 1 N–H and O–H groups in total. The van der Waals surface area contributed by atoms with E-state index in [1.54, 1.807) is 17.9 Å². The largest absolute Gasteiger partial charge is 0.333 e. The number of nitrogens with zero attached hydrogens (tertiary/aromatic N) is 1. The van der Waals surface area contributed by atoms with Crippen molar-refractivity contribution in [2.45, 2.75) is 32.6 Å². The zero-order valence-electron chi connectivity index (χ0n) is 11.6. The number of benzene rings is 1. The van der Waals surface area contributed by atoms with Gasteiger partial charge in [-0.3, -0.25) is 9.59 Å². The van der Waals surface area contributed by atoms with E-state index < -0.39 is 5.82 Å². The van der Waals surface area contributed by atoms with Gasteiger partial charge in [0.15, 0.2) is 0 Å². The number of hydrogen-bond donors (Lipinski definition) is 1. The molecule has 0 spiro atoms. The van der Waals surface area contributed by atoms with E-state index in [0.29, 0.717) is 18.7 Å². The number of amides is 2. The Labute approximate surface area is 118 Å². The highest BCUT2D eigenvalue weighted by molar-refractivity contribution is 5.95. The Bertz CT molecular complexity index is 517. The topological polar surface area (TPSA) is 49.4 Å². The van der Waals surface area contributed by atoms with Crippen molar-refractivity contribution < 1.29 is 14.0 Å². The standard InChI is InChI=1S/C15H19FN2O2/c1-11-6-7-12(16)9-13(11)17-14(19)10-18-8-4-2-3-5-15(18)20/h6-7,9H,2-5,8,10H2,1H3,(H,17,19). The van der Waals surface area contributed by atoms with Crippen LogP contribution in [-0.2, 0) is 9.59 Å². The van der Waals surface area contributed by atoms with Gasteiger partial charge in [0.25, 0.3) is 0 Å². The zero-order chi connectivity index (χ0) is 14.5. The predicted octanol–water partition coefficient (Wildman–Crippen LogP) is 2.48. The van der Waals surface area contributed by atoms with Crippen molar-refractivity contribution in [1.82, 2.24) is 4.90 Å². The fourth-order valence-corrected chi connectivity index (χ4v) is 2.30. The Morgan fingerprint density at radius 1 is 1.35 bits per heavy atom. The minimum atomic E-state index is -0.392. The van der Waals surface area contributed by atoms with Crippen LogP contribution in [0, 0.1) is 12.7 Å². The molecule has 0 unspecified atom stereocenters. The highest BCUT2D eigenvalue weighted by atomic mass is 19.1. The van der Waals surface area contributed by atoms with Crippen molar-refractivity contribution in [2.24, 2.45) is 0 Å². The molecule has 1 heterocycles. The van der Waals surface area contributed by atoms with E-state index in [0.717, 1.165) is 24.8 Å². The van der Waals surface area contributed by atoms with Crippen molar-refractivity contribution in [3.8, 4) is 0 Å². The molecule has 0 atom stereocenters. The zero-order valence-corrected chi connectivity index (χ0v) is 11.6. The molecule has 1 fully saturated rings. The molecule has 1 aromatic carbocycles. The molecule has 0 saturated carbocycles. The van der Waals surface area contributed by atoms with Crippen LogP contribution in [0.3, 0.4) is 0 Å². The molecule has 0 bridgehead atoms. The molecule has 20 heavy (non-hydrogen) atoms. The van der Waals surface area contributed by atoms with Gasteiger partial charge >= 0.3 is 0 Å². The summed E-state index contributed by atoms with van der Waals surface area (Å²) in [7, 11) is 0. The number of likely N-dealkylation sites (tertiary alicyclic amines) is 1. The number of halogens is 1. The smallest absolute Gasteiger partial charge is 0.244 e. The van der Waals surface area contributed by atoms with Gasteiger partial charge < -0.3 is 10.2 Å². The second kappa shape index (κ2) is 6.50. The molecule has 1 aromatic rings. The molecular formula is C15H19FN2O2. The van der Waals surface area contributed by atoms with Crippen molar-refractivity contribution in [3.63, 3.8) is 0 Å². The van der Waals surface area contributed by atoms with E-state index in [2.05, 4.69) is 5.32 Å². The van der Waals surface area contributed by atoms with Gasteiger partial charge in [0.2, 0.25) is 11.8 Å². The summed E-state index contributed by atoms with van der Waals surface area (Å²) in [4.78, 5) is 25.4. The van der Waals surface area contributed by atoms with Gasteiger partial charge in [-0.1, -0.05) is 12.5 Å². The summed E-state index contributed by atoms with van der Waals surface area (Å²) in [5, 5.41) is 2.67. The monoisotopic (exact) mass is 278 g/mol. The maximum absolute atomic E-state index is 13.2. The summed E-state index contributed by atoms with van der Waals surface area (Å²) in [6.07, 6.45) is 3.34. The van der Waals surface area contributed by atoms with Crippen LogP contribution in [0.4, 0.5) is 10.1 Å². The number of rotatable bonds is 3. The third-order valence-corrected chi connectivity index (χ3v) is 3.48. The summed E-state index contributed by atoms with van der Waals surface area (Å²) < 4.78 is 13.2. The average Bonchev–Trinajstić information content (AvgIpc) is 2.59. The molecule has 4 nitrogen and oxygen atoms in total. The molecule has 1 saturated heterocycles. The third kappa shape index (κ3) is 3.79. The van der Waals surface area contributed by atoms with E-state index >= 15 is 0 Å². The molecule has 108 valence electrons. The first-order valence-electron chi connectivity index (χ1n) is 6.90. The van der Waals surface area contributed by atoms with Crippen LogP contribution in [0.1, 0.15) is 31.2 Å². The van der Waals surface area contributed by atoms with Gasteiger partial charge in [0, 0.05) is 18.7 Å². The van der Waals surface area contributed by atoms with Gasteiger partial charge in [-0.2, -0.15) is 0 Å². The van der Waals surface area contributed by atoms with Gasteiger partial charge in [0.05, 0.1) is 6.54 Å². The first-order chi connectivity index (χ1) is 9.56. The second-order valence-corrected chi connectivity index (χ2v) is 5.13. The van der Waals surface area contributed by atoms with Crippen molar-refractivity contribution >= 4 is 17.5 Å². The molecule has 1 aliphatic rings. The number of nitrogens with one attached hydrogen (secondary N) is 1. The Kier molecular flexibility index (Phi) is 4.71. The van der Waals surface area contributed by atoms with Crippen LogP contribution in [0.5, 0.6) is 0 Å². The first kappa shape index (κ1) is 14.5. The lowest BCUT2D eigenvalue weighted by molar-refractivity contribution is -0.134. The minimum absolute atomic E-state index is 0.0219. The Morgan fingerprint density at radius 2 is 2.15 bits per heavy atom. The van der Waals surface area contributed by atoms with Gasteiger partial charge in [-0.05, 0) is 37.5 Å². The highest BCUT2D eigenvalue weighted by Crippen LogP contribution is 2.16. The van der Waals surface area contributed by atoms with Crippen LogP contribution in [-0.4, -0.2) is 29.8 Å².